The van der Waals surface area contributed by atoms with Crippen molar-refractivity contribution in [3.05, 3.63) is 77.7 Å². The summed E-state index contributed by atoms with van der Waals surface area (Å²) in [6.45, 7) is 3.71. The molecule has 0 unspecified atom stereocenters. The first kappa shape index (κ1) is 18.0. The van der Waals surface area contributed by atoms with Gasteiger partial charge in [-0.2, -0.15) is 0 Å². The maximum absolute atomic E-state index is 12.9. The number of aryl methyl sites for hydroxylation is 1. The van der Waals surface area contributed by atoms with Crippen LogP contribution in [0.25, 0.3) is 11.5 Å². The smallest absolute Gasteiger partial charge is 0.276 e. The van der Waals surface area contributed by atoms with Crippen molar-refractivity contribution in [2.24, 2.45) is 0 Å². The maximum Gasteiger partial charge on any atom is 0.276 e. The Morgan fingerprint density at radius 1 is 0.821 bits per heavy atom. The molecule has 1 aliphatic rings. The number of nitrogens with zero attached hydrogens (tertiary/aromatic N) is 3. The summed E-state index contributed by atoms with van der Waals surface area (Å²) in [7, 11) is 0. The van der Waals surface area contributed by atoms with Crippen LogP contribution in [0.2, 0.25) is 0 Å². The third-order valence-corrected chi connectivity index (χ3v) is 4.89. The summed E-state index contributed by atoms with van der Waals surface area (Å²) in [4.78, 5) is 33.4. The highest BCUT2D eigenvalue weighted by Gasteiger charge is 2.28. The molecular formula is C22H21N3O3. The van der Waals surface area contributed by atoms with Crippen molar-refractivity contribution in [1.82, 2.24) is 14.8 Å². The van der Waals surface area contributed by atoms with E-state index in [1.807, 2.05) is 60.7 Å². The molecule has 6 heteroatoms. The minimum Gasteiger partial charge on any atom is -0.441 e. The topological polar surface area (TPSA) is 66.7 Å². The number of rotatable bonds is 3. The molecule has 1 saturated heterocycles. The molecule has 2 heterocycles. The monoisotopic (exact) mass is 375 g/mol. The minimum absolute atomic E-state index is 0.00307. The maximum atomic E-state index is 12.9. The Kier molecular flexibility index (Phi) is 4.93. The van der Waals surface area contributed by atoms with Crippen LogP contribution in [0.5, 0.6) is 0 Å². The lowest BCUT2D eigenvalue weighted by Crippen LogP contribution is -2.50. The molecule has 0 spiro atoms. The molecule has 1 aliphatic heterocycles. The van der Waals surface area contributed by atoms with Crippen molar-refractivity contribution in [1.29, 1.82) is 0 Å². The highest BCUT2D eigenvalue weighted by Crippen LogP contribution is 2.22. The predicted molar refractivity (Wildman–Crippen MR) is 105 cm³/mol. The van der Waals surface area contributed by atoms with Crippen LogP contribution in [-0.2, 0) is 0 Å². The molecule has 0 atom stereocenters. The van der Waals surface area contributed by atoms with Gasteiger partial charge in [-0.15, -0.1) is 0 Å². The second-order valence-corrected chi connectivity index (χ2v) is 6.74. The third kappa shape index (κ3) is 3.53. The minimum atomic E-state index is -0.157. The quantitative estimate of drug-likeness (QED) is 0.705. The molecule has 28 heavy (non-hydrogen) atoms. The van der Waals surface area contributed by atoms with Gasteiger partial charge in [-0.25, -0.2) is 4.98 Å². The fourth-order valence-electron chi connectivity index (χ4n) is 3.32. The van der Waals surface area contributed by atoms with Crippen LogP contribution in [-0.4, -0.2) is 52.8 Å². The average molecular weight is 375 g/mol. The van der Waals surface area contributed by atoms with Gasteiger partial charge in [-0.05, 0) is 31.2 Å². The van der Waals surface area contributed by atoms with E-state index >= 15 is 0 Å². The van der Waals surface area contributed by atoms with Gasteiger partial charge in [-0.1, -0.05) is 36.4 Å². The normalized spacial score (nSPS) is 14.2. The first-order valence-electron chi connectivity index (χ1n) is 9.30. The average Bonchev–Trinajstić information content (AvgIpc) is 3.16. The third-order valence-electron chi connectivity index (χ3n) is 4.89. The van der Waals surface area contributed by atoms with E-state index in [1.54, 1.807) is 16.7 Å². The molecule has 2 amide bonds. The fourth-order valence-corrected chi connectivity index (χ4v) is 3.32. The van der Waals surface area contributed by atoms with E-state index in [1.165, 1.54) is 0 Å². The highest BCUT2D eigenvalue weighted by molar-refractivity contribution is 5.95. The van der Waals surface area contributed by atoms with Gasteiger partial charge in [0.2, 0.25) is 5.89 Å². The van der Waals surface area contributed by atoms with Gasteiger partial charge in [0.05, 0.1) is 0 Å². The Morgan fingerprint density at radius 2 is 1.36 bits per heavy atom. The number of benzene rings is 2. The van der Waals surface area contributed by atoms with Gasteiger partial charge >= 0.3 is 0 Å². The first-order chi connectivity index (χ1) is 13.6. The second-order valence-electron chi connectivity index (χ2n) is 6.74. The van der Waals surface area contributed by atoms with Gasteiger partial charge in [0.15, 0.2) is 5.69 Å². The molecule has 0 radical (unpaired) electrons. The first-order valence-corrected chi connectivity index (χ1v) is 9.30. The largest absolute Gasteiger partial charge is 0.441 e. The van der Waals surface area contributed by atoms with Crippen LogP contribution in [0.1, 0.15) is 26.6 Å². The second kappa shape index (κ2) is 7.68. The number of carbonyl (C=O) groups is 2. The number of carbonyl (C=O) groups excluding carboxylic acids is 2. The molecule has 6 nitrogen and oxygen atoms in total. The molecule has 1 aromatic heterocycles. The van der Waals surface area contributed by atoms with E-state index in [-0.39, 0.29) is 11.8 Å². The zero-order valence-corrected chi connectivity index (χ0v) is 15.7. The zero-order valence-electron chi connectivity index (χ0n) is 15.7. The van der Waals surface area contributed by atoms with E-state index in [2.05, 4.69) is 4.98 Å². The SMILES string of the molecule is Cc1oc(-c2ccccc2)nc1C(=O)N1CCN(C(=O)c2ccccc2)CC1. The number of hydrogen-bond donors (Lipinski definition) is 0. The van der Waals surface area contributed by atoms with E-state index in [9.17, 15) is 9.59 Å². The number of oxazole rings is 1. The van der Waals surface area contributed by atoms with E-state index in [4.69, 9.17) is 4.42 Å². The van der Waals surface area contributed by atoms with Crippen molar-refractivity contribution in [2.45, 2.75) is 6.92 Å². The molecule has 1 fully saturated rings. The standard InChI is InChI=1S/C22H21N3O3/c1-16-19(23-20(28-16)17-8-4-2-5-9-17)22(27)25-14-12-24(13-15-25)21(26)18-10-6-3-7-11-18/h2-11H,12-15H2,1H3. The molecule has 0 aliphatic carbocycles. The lowest BCUT2D eigenvalue weighted by molar-refractivity contribution is 0.0531. The summed E-state index contributed by atoms with van der Waals surface area (Å²) in [5.74, 6) is 0.790. The molecule has 0 bridgehead atoms. The predicted octanol–water partition coefficient (Wildman–Crippen LogP) is 3.25. The van der Waals surface area contributed by atoms with Crippen LogP contribution < -0.4 is 0 Å². The number of aromatic nitrogens is 1. The van der Waals surface area contributed by atoms with Crippen molar-refractivity contribution in [2.75, 3.05) is 26.2 Å². The highest BCUT2D eigenvalue weighted by atomic mass is 16.4. The lowest BCUT2D eigenvalue weighted by Gasteiger charge is -2.34. The van der Waals surface area contributed by atoms with E-state index in [0.717, 1.165) is 5.56 Å². The van der Waals surface area contributed by atoms with Gasteiger partial charge in [0.1, 0.15) is 5.76 Å². The molecule has 2 aromatic carbocycles. The van der Waals surface area contributed by atoms with Gasteiger partial charge < -0.3 is 14.2 Å². The Morgan fingerprint density at radius 3 is 1.96 bits per heavy atom. The summed E-state index contributed by atoms with van der Waals surface area (Å²) in [5.41, 5.74) is 1.84. The summed E-state index contributed by atoms with van der Waals surface area (Å²) in [6.07, 6.45) is 0. The lowest BCUT2D eigenvalue weighted by atomic mass is 10.2. The van der Waals surface area contributed by atoms with E-state index < -0.39 is 0 Å². The van der Waals surface area contributed by atoms with Crippen LogP contribution in [0.3, 0.4) is 0 Å². The van der Waals surface area contributed by atoms with Crippen molar-refractivity contribution < 1.29 is 14.0 Å². The molecule has 0 saturated carbocycles. The molecule has 0 N–H and O–H groups in total. The van der Waals surface area contributed by atoms with Crippen LogP contribution in [0.15, 0.2) is 65.1 Å². The Hall–Kier alpha value is -3.41. The molecule has 3 aromatic rings. The fraction of sp³-hybridized carbons (Fsp3) is 0.227. The van der Waals surface area contributed by atoms with Crippen LogP contribution in [0, 0.1) is 6.92 Å². The summed E-state index contributed by atoms with van der Waals surface area (Å²) < 4.78 is 5.71. The number of hydrogen-bond acceptors (Lipinski definition) is 4. The van der Waals surface area contributed by atoms with Crippen molar-refractivity contribution >= 4 is 11.8 Å². The van der Waals surface area contributed by atoms with Gasteiger partial charge in [0.25, 0.3) is 11.8 Å². The molecular weight excluding hydrogens is 354 g/mol. The number of piperazine rings is 1. The number of amides is 2. The Labute approximate surface area is 163 Å². The van der Waals surface area contributed by atoms with Crippen LogP contribution >= 0.6 is 0 Å². The van der Waals surface area contributed by atoms with Gasteiger partial charge in [0, 0.05) is 37.3 Å². The summed E-state index contributed by atoms with van der Waals surface area (Å²) >= 11 is 0. The van der Waals surface area contributed by atoms with Crippen molar-refractivity contribution in [3.63, 3.8) is 0 Å². The molecule has 4 rings (SSSR count). The van der Waals surface area contributed by atoms with E-state index in [0.29, 0.717) is 49.1 Å². The molecule has 142 valence electrons. The van der Waals surface area contributed by atoms with Crippen LogP contribution in [0.4, 0.5) is 0 Å². The Balaban J connectivity index is 1.43. The van der Waals surface area contributed by atoms with Crippen molar-refractivity contribution in [3.8, 4) is 11.5 Å². The van der Waals surface area contributed by atoms with Gasteiger partial charge in [-0.3, -0.25) is 9.59 Å². The zero-order chi connectivity index (χ0) is 19.5. The summed E-state index contributed by atoms with van der Waals surface area (Å²) in [5, 5.41) is 0. The Bertz CT molecular complexity index is 975. The summed E-state index contributed by atoms with van der Waals surface area (Å²) in [6, 6.07) is 18.7.